The molecule has 0 atom stereocenters. The fourth-order valence-corrected chi connectivity index (χ4v) is 3.43. The number of hydrogen-bond acceptors (Lipinski definition) is 3. The lowest BCUT2D eigenvalue weighted by Crippen LogP contribution is -2.40. The standard InChI is InChI=1S/C17H17N3O/c1-10-7-14(18)12(9-19-10)11-3-4-15-13(8-11)17(5-2-6-17)16(21)20-15/h3-4,7-9H,2,5-6H2,1H3,(H2,18,19)(H,20,21). The predicted molar refractivity (Wildman–Crippen MR) is 83.0 cm³/mol. The lowest BCUT2D eigenvalue weighted by molar-refractivity contribution is -0.123. The van der Waals surface area contributed by atoms with E-state index in [-0.39, 0.29) is 11.3 Å². The minimum absolute atomic E-state index is 0.149. The third kappa shape index (κ3) is 1.62. The Morgan fingerprint density at radius 2 is 2.10 bits per heavy atom. The fourth-order valence-electron chi connectivity index (χ4n) is 3.43. The van der Waals surface area contributed by atoms with Gasteiger partial charge in [-0.3, -0.25) is 9.78 Å². The summed E-state index contributed by atoms with van der Waals surface area (Å²) < 4.78 is 0. The van der Waals surface area contributed by atoms with Crippen LogP contribution in [-0.4, -0.2) is 10.9 Å². The number of carbonyl (C=O) groups excluding carboxylic acids is 1. The van der Waals surface area contributed by atoms with Crippen molar-refractivity contribution in [2.45, 2.75) is 31.6 Å². The molecule has 4 heteroatoms. The summed E-state index contributed by atoms with van der Waals surface area (Å²) in [4.78, 5) is 16.6. The third-order valence-corrected chi connectivity index (χ3v) is 4.81. The van der Waals surface area contributed by atoms with E-state index in [4.69, 9.17) is 5.73 Å². The van der Waals surface area contributed by atoms with Crippen molar-refractivity contribution >= 4 is 17.3 Å². The highest BCUT2D eigenvalue weighted by Gasteiger charge is 2.50. The smallest absolute Gasteiger partial charge is 0.235 e. The van der Waals surface area contributed by atoms with Crippen LogP contribution < -0.4 is 11.1 Å². The molecule has 3 N–H and O–H groups in total. The lowest BCUT2D eigenvalue weighted by Gasteiger charge is -2.36. The largest absolute Gasteiger partial charge is 0.398 e. The van der Waals surface area contributed by atoms with Crippen LogP contribution in [0.15, 0.2) is 30.5 Å². The molecule has 1 amide bonds. The zero-order chi connectivity index (χ0) is 14.6. The van der Waals surface area contributed by atoms with Gasteiger partial charge < -0.3 is 11.1 Å². The van der Waals surface area contributed by atoms with E-state index in [0.717, 1.165) is 53.0 Å². The SMILES string of the molecule is Cc1cc(N)c(-c2ccc3c(c2)C2(CCC2)C(=O)N3)cn1. The topological polar surface area (TPSA) is 68.0 Å². The van der Waals surface area contributed by atoms with Crippen molar-refractivity contribution in [1.82, 2.24) is 4.98 Å². The van der Waals surface area contributed by atoms with Gasteiger partial charge in [-0.2, -0.15) is 0 Å². The molecule has 1 aliphatic carbocycles. The first-order chi connectivity index (χ1) is 10.1. The molecule has 2 aromatic rings. The molecule has 4 rings (SSSR count). The highest BCUT2D eigenvalue weighted by Crippen LogP contribution is 2.51. The zero-order valence-electron chi connectivity index (χ0n) is 11.9. The van der Waals surface area contributed by atoms with E-state index >= 15 is 0 Å². The van der Waals surface area contributed by atoms with E-state index in [2.05, 4.69) is 16.4 Å². The second kappa shape index (κ2) is 4.07. The molecule has 1 aliphatic heterocycles. The maximum atomic E-state index is 12.2. The summed E-state index contributed by atoms with van der Waals surface area (Å²) in [6.07, 6.45) is 4.81. The van der Waals surface area contributed by atoms with E-state index in [9.17, 15) is 4.79 Å². The van der Waals surface area contributed by atoms with Gasteiger partial charge in [0.15, 0.2) is 0 Å². The molecule has 1 aromatic heterocycles. The van der Waals surface area contributed by atoms with Gasteiger partial charge in [0.2, 0.25) is 5.91 Å². The average Bonchev–Trinajstić information content (AvgIpc) is 2.69. The first-order valence-corrected chi connectivity index (χ1v) is 7.29. The summed E-state index contributed by atoms with van der Waals surface area (Å²) in [6.45, 7) is 1.93. The third-order valence-electron chi connectivity index (χ3n) is 4.81. The van der Waals surface area contributed by atoms with Gasteiger partial charge >= 0.3 is 0 Å². The van der Waals surface area contributed by atoms with Gasteiger partial charge in [-0.25, -0.2) is 0 Å². The number of nitrogens with one attached hydrogen (secondary N) is 1. The van der Waals surface area contributed by atoms with E-state index in [1.807, 2.05) is 31.3 Å². The lowest BCUT2D eigenvalue weighted by atomic mass is 9.65. The molecule has 1 saturated carbocycles. The molecule has 0 radical (unpaired) electrons. The Morgan fingerprint density at radius 3 is 2.76 bits per heavy atom. The number of nitrogen functional groups attached to an aromatic ring is 1. The second-order valence-electron chi connectivity index (χ2n) is 6.06. The van der Waals surface area contributed by atoms with Crippen LogP contribution in [0, 0.1) is 6.92 Å². The molecule has 4 nitrogen and oxygen atoms in total. The Morgan fingerprint density at radius 1 is 1.29 bits per heavy atom. The van der Waals surface area contributed by atoms with E-state index in [1.54, 1.807) is 0 Å². The van der Waals surface area contributed by atoms with Crippen molar-refractivity contribution in [3.8, 4) is 11.1 Å². The molecule has 0 unspecified atom stereocenters. The Labute approximate surface area is 123 Å². The van der Waals surface area contributed by atoms with Crippen LogP contribution in [0.2, 0.25) is 0 Å². The summed E-state index contributed by atoms with van der Waals surface area (Å²) in [5.41, 5.74) is 11.5. The van der Waals surface area contributed by atoms with Gasteiger partial charge in [-0.1, -0.05) is 12.5 Å². The number of pyridine rings is 1. The summed E-state index contributed by atoms with van der Waals surface area (Å²) in [7, 11) is 0. The van der Waals surface area contributed by atoms with E-state index < -0.39 is 0 Å². The molecule has 2 aliphatic rings. The number of aromatic nitrogens is 1. The quantitative estimate of drug-likeness (QED) is 0.843. The van der Waals surface area contributed by atoms with Crippen LogP contribution in [0.5, 0.6) is 0 Å². The molecule has 1 spiro atoms. The maximum Gasteiger partial charge on any atom is 0.235 e. The van der Waals surface area contributed by atoms with Gasteiger partial charge in [-0.15, -0.1) is 0 Å². The second-order valence-corrected chi connectivity index (χ2v) is 6.06. The Balaban J connectivity index is 1.85. The summed E-state index contributed by atoms with van der Waals surface area (Å²) >= 11 is 0. The maximum absolute atomic E-state index is 12.2. The molecular weight excluding hydrogens is 262 g/mol. The van der Waals surface area contributed by atoms with Crippen LogP contribution in [0.1, 0.15) is 30.5 Å². The molecule has 0 bridgehead atoms. The van der Waals surface area contributed by atoms with Crippen LogP contribution in [0.4, 0.5) is 11.4 Å². The van der Waals surface area contributed by atoms with E-state index in [0.29, 0.717) is 0 Å². The number of rotatable bonds is 1. The van der Waals surface area contributed by atoms with Gasteiger partial charge in [0, 0.05) is 28.8 Å². The van der Waals surface area contributed by atoms with Gasteiger partial charge in [0.05, 0.1) is 5.41 Å². The number of benzene rings is 1. The zero-order valence-corrected chi connectivity index (χ0v) is 11.9. The molecular formula is C17H17N3O. The number of nitrogens with zero attached hydrogens (tertiary/aromatic N) is 1. The molecule has 21 heavy (non-hydrogen) atoms. The Bertz CT molecular complexity index is 763. The van der Waals surface area contributed by atoms with Crippen LogP contribution in [0.3, 0.4) is 0 Å². The highest BCUT2D eigenvalue weighted by atomic mass is 16.2. The normalized spacial score (nSPS) is 18.2. The number of anilines is 2. The average molecular weight is 279 g/mol. The summed E-state index contributed by atoms with van der Waals surface area (Å²) in [6, 6.07) is 7.97. The number of hydrogen-bond donors (Lipinski definition) is 2. The summed E-state index contributed by atoms with van der Waals surface area (Å²) in [5, 5.41) is 3.01. The number of fused-ring (bicyclic) bond motifs is 2. The minimum atomic E-state index is -0.293. The first-order valence-electron chi connectivity index (χ1n) is 7.29. The van der Waals surface area contributed by atoms with Crippen LogP contribution in [-0.2, 0) is 10.2 Å². The molecule has 2 heterocycles. The Kier molecular flexibility index (Phi) is 2.40. The molecule has 106 valence electrons. The number of aryl methyl sites for hydroxylation is 1. The molecule has 1 aromatic carbocycles. The number of nitrogens with two attached hydrogens (primary N) is 1. The van der Waals surface area contributed by atoms with Crippen molar-refractivity contribution < 1.29 is 4.79 Å². The fraction of sp³-hybridized carbons (Fsp3) is 0.294. The first kappa shape index (κ1) is 12.4. The van der Waals surface area contributed by atoms with Gasteiger partial charge in [0.1, 0.15) is 0 Å². The number of amides is 1. The number of carbonyl (C=O) groups is 1. The van der Waals surface area contributed by atoms with Crippen molar-refractivity contribution in [2.24, 2.45) is 0 Å². The van der Waals surface area contributed by atoms with E-state index in [1.165, 1.54) is 0 Å². The Hall–Kier alpha value is -2.36. The van der Waals surface area contributed by atoms with Crippen molar-refractivity contribution in [2.75, 3.05) is 11.1 Å². The van der Waals surface area contributed by atoms with Crippen LogP contribution in [0.25, 0.3) is 11.1 Å². The minimum Gasteiger partial charge on any atom is -0.398 e. The molecule has 1 fully saturated rings. The van der Waals surface area contributed by atoms with Crippen molar-refractivity contribution in [1.29, 1.82) is 0 Å². The van der Waals surface area contributed by atoms with Gasteiger partial charge in [-0.05, 0) is 49.1 Å². The summed E-state index contributed by atoms with van der Waals surface area (Å²) in [5.74, 6) is 0.149. The van der Waals surface area contributed by atoms with Crippen molar-refractivity contribution in [3.63, 3.8) is 0 Å². The van der Waals surface area contributed by atoms with Crippen LogP contribution >= 0.6 is 0 Å². The van der Waals surface area contributed by atoms with Crippen molar-refractivity contribution in [3.05, 3.63) is 41.7 Å². The highest BCUT2D eigenvalue weighted by molar-refractivity contribution is 6.07. The molecule has 0 saturated heterocycles. The predicted octanol–water partition coefficient (Wildman–Crippen LogP) is 3.01. The monoisotopic (exact) mass is 279 g/mol. The van der Waals surface area contributed by atoms with Gasteiger partial charge in [0.25, 0.3) is 0 Å².